The molecular weight excluding hydrogens is 276 g/mol. The predicted octanol–water partition coefficient (Wildman–Crippen LogP) is 3.37. The third-order valence-electron chi connectivity index (χ3n) is 2.65. The van der Waals surface area contributed by atoms with Gasteiger partial charge >= 0.3 is 18.0 Å². The molecule has 0 aliphatic carbocycles. The molecule has 3 nitrogen and oxygen atoms in total. The first-order valence-electron chi connectivity index (χ1n) is 5.39. The molecule has 19 heavy (non-hydrogen) atoms. The molecule has 0 fully saturated rings. The molecule has 1 rings (SSSR count). The van der Waals surface area contributed by atoms with Crippen molar-refractivity contribution >= 4 is 11.7 Å². The van der Waals surface area contributed by atoms with Crippen LogP contribution in [0.25, 0.3) is 0 Å². The minimum absolute atomic E-state index is 0.341. The number of hydrogen-bond acceptors (Lipinski definition) is 3. The van der Waals surface area contributed by atoms with Crippen molar-refractivity contribution in [2.75, 3.05) is 0 Å². The Morgan fingerprint density at radius 1 is 0.895 bits per heavy atom. The topological polar surface area (TPSA) is 28.0 Å². The van der Waals surface area contributed by atoms with Gasteiger partial charge in [0.25, 0.3) is 0 Å². The zero-order valence-electron chi connectivity index (χ0n) is 10.7. The molecule has 110 valence electrons. The molecular formula is C10H13F6N3. The first-order valence-corrected chi connectivity index (χ1v) is 5.39. The van der Waals surface area contributed by atoms with Crippen molar-refractivity contribution in [3.63, 3.8) is 0 Å². The summed E-state index contributed by atoms with van der Waals surface area (Å²) in [5, 5.41) is 0. The number of aliphatic imine (C=N–C) groups is 2. The van der Waals surface area contributed by atoms with Gasteiger partial charge in [0.05, 0.1) is 0 Å². The Labute approximate surface area is 106 Å². The van der Waals surface area contributed by atoms with E-state index in [0.717, 1.165) is 13.8 Å². The van der Waals surface area contributed by atoms with Crippen molar-refractivity contribution in [3.8, 4) is 0 Å². The largest absolute Gasteiger partial charge is 0.443 e. The Hall–Kier alpha value is -1.28. The second-order valence-electron chi connectivity index (χ2n) is 4.45. The van der Waals surface area contributed by atoms with Gasteiger partial charge in [-0.3, -0.25) is 0 Å². The Balaban J connectivity index is 3.48. The standard InChI is InChI=1S/C10H13F6N3/c1-5(2)19-6(3)17-8(9(11,12)13,10(14,15)16)18-7(19)4/h5H,1-4H3. The fourth-order valence-corrected chi connectivity index (χ4v) is 2.00. The van der Waals surface area contributed by atoms with Gasteiger partial charge in [-0.15, -0.1) is 0 Å². The highest BCUT2D eigenvalue weighted by molar-refractivity contribution is 6.00. The highest BCUT2D eigenvalue weighted by Crippen LogP contribution is 2.48. The van der Waals surface area contributed by atoms with E-state index in [1.807, 2.05) is 0 Å². The van der Waals surface area contributed by atoms with Crippen LogP contribution in [0.15, 0.2) is 9.98 Å². The summed E-state index contributed by atoms with van der Waals surface area (Å²) in [4.78, 5) is 6.85. The van der Waals surface area contributed by atoms with Gasteiger partial charge in [0.1, 0.15) is 11.7 Å². The molecule has 0 unspecified atom stereocenters. The average molecular weight is 289 g/mol. The zero-order chi connectivity index (χ0) is 15.2. The Morgan fingerprint density at radius 3 is 1.42 bits per heavy atom. The second kappa shape index (κ2) is 4.38. The van der Waals surface area contributed by atoms with Crippen LogP contribution in [-0.4, -0.2) is 40.6 Å². The van der Waals surface area contributed by atoms with Crippen LogP contribution in [0.3, 0.4) is 0 Å². The third-order valence-corrected chi connectivity index (χ3v) is 2.65. The summed E-state index contributed by atoms with van der Waals surface area (Å²) in [6.45, 7) is 5.44. The molecule has 0 aromatic heterocycles. The van der Waals surface area contributed by atoms with Crippen molar-refractivity contribution < 1.29 is 26.3 Å². The first-order chi connectivity index (χ1) is 8.33. The first kappa shape index (κ1) is 15.8. The second-order valence-corrected chi connectivity index (χ2v) is 4.45. The lowest BCUT2D eigenvalue weighted by atomic mass is 10.1. The van der Waals surface area contributed by atoms with Crippen molar-refractivity contribution in [1.82, 2.24) is 4.90 Å². The third kappa shape index (κ3) is 2.42. The van der Waals surface area contributed by atoms with Crippen LogP contribution in [0.5, 0.6) is 0 Å². The quantitative estimate of drug-likeness (QED) is 0.680. The summed E-state index contributed by atoms with van der Waals surface area (Å²) in [5.74, 6) is -0.728. The summed E-state index contributed by atoms with van der Waals surface area (Å²) >= 11 is 0. The molecule has 0 spiro atoms. The fourth-order valence-electron chi connectivity index (χ4n) is 2.00. The molecule has 0 atom stereocenters. The molecule has 0 saturated heterocycles. The van der Waals surface area contributed by atoms with Gasteiger partial charge in [-0.25, -0.2) is 9.98 Å². The molecule has 9 heteroatoms. The van der Waals surface area contributed by atoms with E-state index in [1.54, 1.807) is 13.8 Å². The van der Waals surface area contributed by atoms with Gasteiger partial charge < -0.3 is 4.90 Å². The molecule has 0 saturated carbocycles. The molecule has 0 aromatic carbocycles. The number of hydrogen-bond donors (Lipinski definition) is 0. The van der Waals surface area contributed by atoms with Gasteiger partial charge in [-0.05, 0) is 27.7 Å². The SMILES string of the molecule is CC1=NC(C(F)(F)F)(C(F)(F)F)N=C(C)N1C(C)C. The van der Waals surface area contributed by atoms with Crippen molar-refractivity contribution in [2.24, 2.45) is 9.98 Å². The van der Waals surface area contributed by atoms with E-state index >= 15 is 0 Å². The maximum atomic E-state index is 12.8. The Kier molecular flexibility index (Phi) is 3.64. The van der Waals surface area contributed by atoms with Crippen LogP contribution >= 0.6 is 0 Å². The van der Waals surface area contributed by atoms with E-state index in [-0.39, 0.29) is 17.7 Å². The minimum Gasteiger partial charge on any atom is -0.316 e. The molecule has 0 radical (unpaired) electrons. The van der Waals surface area contributed by atoms with E-state index in [1.165, 1.54) is 4.90 Å². The van der Waals surface area contributed by atoms with E-state index in [9.17, 15) is 26.3 Å². The lowest BCUT2D eigenvalue weighted by molar-refractivity contribution is -0.293. The summed E-state index contributed by atoms with van der Waals surface area (Å²) in [6, 6.07) is -0.341. The monoisotopic (exact) mass is 289 g/mol. The van der Waals surface area contributed by atoms with Crippen molar-refractivity contribution in [2.45, 2.75) is 51.8 Å². The lowest BCUT2D eigenvalue weighted by Gasteiger charge is -2.39. The predicted molar refractivity (Wildman–Crippen MR) is 58.0 cm³/mol. The summed E-state index contributed by atoms with van der Waals surface area (Å²) in [5.41, 5.74) is -4.40. The number of alkyl halides is 6. The summed E-state index contributed by atoms with van der Waals surface area (Å²) < 4.78 is 76.9. The minimum atomic E-state index is -5.64. The maximum absolute atomic E-state index is 12.8. The van der Waals surface area contributed by atoms with Crippen molar-refractivity contribution in [3.05, 3.63) is 0 Å². The van der Waals surface area contributed by atoms with Crippen LogP contribution in [0, 0.1) is 0 Å². The van der Waals surface area contributed by atoms with Gasteiger partial charge in [0.2, 0.25) is 0 Å². The van der Waals surface area contributed by atoms with Crippen molar-refractivity contribution in [1.29, 1.82) is 0 Å². The Morgan fingerprint density at radius 2 is 1.21 bits per heavy atom. The highest BCUT2D eigenvalue weighted by Gasteiger charge is 2.73. The van der Waals surface area contributed by atoms with E-state index < -0.39 is 18.0 Å². The number of amidine groups is 2. The molecule has 0 aromatic rings. The fraction of sp³-hybridized carbons (Fsp3) is 0.800. The summed E-state index contributed by atoms with van der Waals surface area (Å²) in [6.07, 6.45) is -11.3. The number of halogens is 6. The lowest BCUT2D eigenvalue weighted by Crippen LogP contribution is -2.59. The molecule has 0 amide bonds. The van der Waals surface area contributed by atoms with E-state index in [4.69, 9.17) is 0 Å². The molecule has 1 aliphatic heterocycles. The average Bonchev–Trinajstić information content (AvgIpc) is 2.11. The van der Waals surface area contributed by atoms with Crippen LogP contribution < -0.4 is 0 Å². The maximum Gasteiger partial charge on any atom is 0.443 e. The van der Waals surface area contributed by atoms with Gasteiger partial charge in [-0.1, -0.05) is 0 Å². The summed E-state index contributed by atoms with van der Waals surface area (Å²) in [7, 11) is 0. The number of rotatable bonds is 1. The molecule has 0 bridgehead atoms. The van der Waals surface area contributed by atoms with E-state index in [0.29, 0.717) is 0 Å². The van der Waals surface area contributed by atoms with Gasteiger partial charge in [0.15, 0.2) is 0 Å². The smallest absolute Gasteiger partial charge is 0.316 e. The molecule has 0 N–H and O–H groups in total. The van der Waals surface area contributed by atoms with Gasteiger partial charge in [0, 0.05) is 6.04 Å². The van der Waals surface area contributed by atoms with Crippen LogP contribution in [-0.2, 0) is 0 Å². The Bertz CT molecular complexity index is 382. The number of nitrogens with zero attached hydrogens (tertiary/aromatic N) is 3. The van der Waals surface area contributed by atoms with Gasteiger partial charge in [-0.2, -0.15) is 26.3 Å². The van der Waals surface area contributed by atoms with Crippen LogP contribution in [0.2, 0.25) is 0 Å². The van der Waals surface area contributed by atoms with Crippen LogP contribution in [0.4, 0.5) is 26.3 Å². The zero-order valence-corrected chi connectivity index (χ0v) is 10.7. The van der Waals surface area contributed by atoms with Crippen LogP contribution in [0.1, 0.15) is 27.7 Å². The molecule has 1 aliphatic rings. The van der Waals surface area contributed by atoms with E-state index in [2.05, 4.69) is 9.98 Å². The highest BCUT2D eigenvalue weighted by atomic mass is 19.4. The molecule has 1 heterocycles. The normalized spacial score (nSPS) is 20.5.